The van der Waals surface area contributed by atoms with E-state index in [0.717, 1.165) is 10.8 Å². The minimum atomic E-state index is 0.476. The lowest BCUT2D eigenvalue weighted by atomic mass is 10.0. The molecule has 0 atom stereocenters. The summed E-state index contributed by atoms with van der Waals surface area (Å²) in [5, 5.41) is 1.52. The van der Waals surface area contributed by atoms with Gasteiger partial charge in [0.25, 0.3) is 0 Å². The summed E-state index contributed by atoms with van der Waals surface area (Å²) in [6.07, 6.45) is 0. The zero-order valence-electron chi connectivity index (χ0n) is 8.78. The van der Waals surface area contributed by atoms with E-state index in [9.17, 15) is 0 Å². The summed E-state index contributed by atoms with van der Waals surface area (Å²) in [5.74, 6) is 0. The van der Waals surface area contributed by atoms with Crippen molar-refractivity contribution in [2.45, 2.75) is 0 Å². The number of fused-ring (bicyclic) bond motifs is 1. The molecule has 0 amide bonds. The quantitative estimate of drug-likeness (QED) is 0.732. The number of benzene rings is 2. The molecule has 0 spiro atoms. The van der Waals surface area contributed by atoms with Gasteiger partial charge in [-0.25, -0.2) is 0 Å². The van der Waals surface area contributed by atoms with Gasteiger partial charge in [-0.1, -0.05) is 0 Å². The molecule has 0 aliphatic rings. The fraction of sp³-hybridized carbons (Fsp3) is 0. The summed E-state index contributed by atoms with van der Waals surface area (Å²) in [4.78, 5) is 0. The maximum atomic E-state index is 5.93. The first kappa shape index (κ1) is 13.7. The zero-order valence-corrected chi connectivity index (χ0v) is 13.6. The van der Waals surface area contributed by atoms with Crippen molar-refractivity contribution in [1.82, 2.24) is 0 Å². The normalized spacial score (nSPS) is 10.6. The van der Waals surface area contributed by atoms with E-state index in [2.05, 4.69) is 40.6 Å². The Kier molecular flexibility index (Phi) is 3.90. The smallest absolute Gasteiger partial charge is 0.109 e. The van der Waals surface area contributed by atoms with Crippen LogP contribution in [0, 0.1) is 0 Å². The van der Waals surface area contributed by atoms with Crippen molar-refractivity contribution in [2.75, 3.05) is 11.5 Å². The number of hydrogen-bond donors (Lipinski definition) is 2. The molecule has 4 nitrogen and oxygen atoms in total. The lowest BCUT2D eigenvalue weighted by molar-refractivity contribution is 1.54. The zero-order chi connectivity index (χ0) is 13.4. The Balaban J connectivity index is 3.09. The van der Waals surface area contributed by atoms with Crippen molar-refractivity contribution in [2.24, 2.45) is 8.73 Å². The Hall–Kier alpha value is -0.700. The molecule has 0 aliphatic heterocycles. The Bertz CT molecular complexity index is 628. The van der Waals surface area contributed by atoms with E-state index in [1.165, 1.54) is 0 Å². The van der Waals surface area contributed by atoms with Gasteiger partial charge in [0.1, 0.15) is 11.4 Å². The van der Waals surface area contributed by atoms with Crippen LogP contribution in [0.1, 0.15) is 0 Å². The molecule has 0 heterocycles. The maximum Gasteiger partial charge on any atom is 0.109 e. The number of rotatable bonds is 2. The third-order valence-electron chi connectivity index (χ3n) is 2.55. The van der Waals surface area contributed by atoms with Crippen LogP contribution in [0.3, 0.4) is 0 Å². The van der Waals surface area contributed by atoms with Crippen molar-refractivity contribution >= 4 is 90.2 Å². The second-order valence-corrected chi connectivity index (χ2v) is 5.59. The van der Waals surface area contributed by atoms with Gasteiger partial charge in [0.15, 0.2) is 0 Å². The summed E-state index contributed by atoms with van der Waals surface area (Å²) in [7, 11) is 0. The SMILES string of the molecule is Nc1c(Br)cc2c(N=S)c(N)c(Br)cc2c1N=S. The van der Waals surface area contributed by atoms with Gasteiger partial charge in [0.2, 0.25) is 0 Å². The third kappa shape index (κ3) is 2.03. The fourth-order valence-electron chi connectivity index (χ4n) is 1.67. The molecule has 0 fully saturated rings. The number of hydrogen-bond acceptors (Lipinski definition) is 6. The molecule has 2 rings (SSSR count). The molecule has 0 aromatic heterocycles. The highest BCUT2D eigenvalue weighted by molar-refractivity contribution is 9.11. The van der Waals surface area contributed by atoms with E-state index < -0.39 is 0 Å². The first-order chi connectivity index (χ1) is 8.51. The number of nitrogens with zero attached hydrogens (tertiary/aromatic N) is 2. The molecule has 0 saturated carbocycles. The Morgan fingerprint density at radius 2 is 1.17 bits per heavy atom. The molecular formula is C10H6Br2N4S2. The van der Waals surface area contributed by atoms with Gasteiger partial charge in [-0.2, -0.15) is 8.73 Å². The number of halogens is 2. The van der Waals surface area contributed by atoms with Crippen molar-refractivity contribution in [3.63, 3.8) is 0 Å². The number of nitrogen functional groups attached to an aromatic ring is 2. The second-order valence-electron chi connectivity index (χ2n) is 3.52. The van der Waals surface area contributed by atoms with E-state index in [4.69, 9.17) is 36.3 Å². The standard InChI is InChI=1S/C10H6Br2N4S2/c11-5-1-3-4(10(16-18)7(5)13)2-6(12)8(14)9(3)15-17/h1-2H,13-14H2. The van der Waals surface area contributed by atoms with Crippen LogP contribution in [0.15, 0.2) is 29.8 Å². The Morgan fingerprint density at radius 3 is 1.44 bits per heavy atom. The van der Waals surface area contributed by atoms with Crippen molar-refractivity contribution < 1.29 is 0 Å². The highest BCUT2D eigenvalue weighted by Gasteiger charge is 2.15. The highest BCUT2D eigenvalue weighted by atomic mass is 79.9. The average Bonchev–Trinajstić information content (AvgIpc) is 2.34. The Morgan fingerprint density at radius 1 is 0.833 bits per heavy atom. The van der Waals surface area contributed by atoms with E-state index in [1.54, 1.807) is 0 Å². The lowest BCUT2D eigenvalue weighted by Gasteiger charge is -2.11. The van der Waals surface area contributed by atoms with Gasteiger partial charge in [-0.15, -0.1) is 0 Å². The van der Waals surface area contributed by atoms with Crippen LogP contribution in [0.2, 0.25) is 0 Å². The fourth-order valence-corrected chi connectivity index (χ4v) is 2.90. The van der Waals surface area contributed by atoms with Gasteiger partial charge in [0.05, 0.1) is 11.4 Å². The molecule has 92 valence electrons. The van der Waals surface area contributed by atoms with Gasteiger partial charge < -0.3 is 11.5 Å². The molecule has 2 aromatic rings. The van der Waals surface area contributed by atoms with Gasteiger partial charge in [0, 0.05) is 44.6 Å². The van der Waals surface area contributed by atoms with E-state index in [0.29, 0.717) is 31.7 Å². The number of nitrogens with two attached hydrogens (primary N) is 2. The second kappa shape index (κ2) is 5.12. The van der Waals surface area contributed by atoms with Crippen molar-refractivity contribution in [3.05, 3.63) is 21.1 Å². The maximum absolute atomic E-state index is 5.93. The van der Waals surface area contributed by atoms with Crippen LogP contribution in [0.25, 0.3) is 10.8 Å². The average molecular weight is 406 g/mol. The summed E-state index contributed by atoms with van der Waals surface area (Å²) in [6, 6.07) is 3.62. The van der Waals surface area contributed by atoms with Gasteiger partial charge in [-0.3, -0.25) is 0 Å². The van der Waals surface area contributed by atoms with Crippen LogP contribution in [0.4, 0.5) is 22.7 Å². The van der Waals surface area contributed by atoms with Crippen LogP contribution in [0.5, 0.6) is 0 Å². The molecule has 0 saturated heterocycles. The molecule has 18 heavy (non-hydrogen) atoms. The van der Waals surface area contributed by atoms with Gasteiger partial charge >= 0.3 is 0 Å². The minimum Gasteiger partial charge on any atom is -0.396 e. The molecule has 4 N–H and O–H groups in total. The largest absolute Gasteiger partial charge is 0.396 e. The monoisotopic (exact) mass is 404 g/mol. The lowest BCUT2D eigenvalue weighted by Crippen LogP contribution is -1.92. The molecule has 0 bridgehead atoms. The first-order valence-electron chi connectivity index (χ1n) is 4.67. The Labute approximate surface area is 131 Å². The van der Waals surface area contributed by atoms with Crippen LogP contribution < -0.4 is 11.5 Å². The predicted molar refractivity (Wildman–Crippen MR) is 87.1 cm³/mol. The van der Waals surface area contributed by atoms with E-state index in [1.807, 2.05) is 12.1 Å². The topological polar surface area (TPSA) is 76.8 Å². The van der Waals surface area contributed by atoms with Crippen LogP contribution in [-0.2, 0) is 24.9 Å². The van der Waals surface area contributed by atoms with Crippen molar-refractivity contribution in [1.29, 1.82) is 0 Å². The predicted octanol–water partition coefficient (Wildman–Crippen LogP) is 4.25. The summed E-state index contributed by atoms with van der Waals surface area (Å²) in [5.41, 5.74) is 13.8. The van der Waals surface area contributed by atoms with E-state index in [-0.39, 0.29) is 0 Å². The van der Waals surface area contributed by atoms with Crippen LogP contribution >= 0.6 is 31.9 Å². The molecule has 0 unspecified atom stereocenters. The summed E-state index contributed by atoms with van der Waals surface area (Å²) in [6.45, 7) is 0. The summed E-state index contributed by atoms with van der Waals surface area (Å²) < 4.78 is 8.95. The summed E-state index contributed by atoms with van der Waals surface area (Å²) >= 11 is 16.2. The first-order valence-corrected chi connectivity index (χ1v) is 6.99. The van der Waals surface area contributed by atoms with Crippen LogP contribution in [-0.4, -0.2) is 0 Å². The highest BCUT2D eigenvalue weighted by Crippen LogP contribution is 2.45. The molecule has 0 aliphatic carbocycles. The van der Waals surface area contributed by atoms with Gasteiger partial charge in [-0.05, 0) is 44.0 Å². The minimum absolute atomic E-state index is 0.476. The molecular weight excluding hydrogens is 400 g/mol. The molecule has 8 heteroatoms. The molecule has 0 radical (unpaired) electrons. The van der Waals surface area contributed by atoms with E-state index >= 15 is 0 Å². The molecule has 2 aromatic carbocycles. The number of anilines is 2. The van der Waals surface area contributed by atoms with Crippen molar-refractivity contribution in [3.8, 4) is 0 Å². The third-order valence-corrected chi connectivity index (χ3v) is 4.23.